The Morgan fingerprint density at radius 2 is 1.33 bits per heavy atom. The number of carbonyl (C=O) groups is 2. The van der Waals surface area contributed by atoms with Gasteiger partial charge >= 0.3 is 0 Å². The lowest BCUT2D eigenvalue weighted by atomic mass is 10.1. The molecule has 0 aromatic rings. The summed E-state index contributed by atoms with van der Waals surface area (Å²) in [6.07, 6.45) is 1.70. The van der Waals surface area contributed by atoms with Crippen LogP contribution in [0, 0.1) is 0 Å². The van der Waals surface area contributed by atoms with Crippen molar-refractivity contribution in [2.24, 2.45) is 0 Å². The van der Waals surface area contributed by atoms with Crippen molar-refractivity contribution in [2.45, 2.75) is 25.9 Å². The molecule has 0 aromatic carbocycles. The highest BCUT2D eigenvalue weighted by atomic mass is 16.1. The first-order chi connectivity index (χ1) is 5.69. The molecule has 1 aliphatic heterocycles. The fourth-order valence-electron chi connectivity index (χ4n) is 1.47. The molecule has 0 aliphatic carbocycles. The first-order valence-electron chi connectivity index (χ1n) is 4.11. The predicted molar refractivity (Wildman–Crippen MR) is 44.5 cm³/mol. The van der Waals surface area contributed by atoms with E-state index in [1.54, 1.807) is 9.80 Å². The van der Waals surface area contributed by atoms with Crippen molar-refractivity contribution in [1.29, 1.82) is 0 Å². The van der Waals surface area contributed by atoms with Gasteiger partial charge in [-0.2, -0.15) is 0 Å². The van der Waals surface area contributed by atoms with E-state index in [-0.39, 0.29) is 12.1 Å². The fraction of sp³-hybridized carbons (Fsp3) is 0.750. The van der Waals surface area contributed by atoms with Gasteiger partial charge < -0.3 is 9.80 Å². The topological polar surface area (TPSA) is 40.6 Å². The Balaban J connectivity index is 2.60. The Hall–Kier alpha value is -1.06. The molecule has 2 atom stereocenters. The third-order valence-corrected chi connectivity index (χ3v) is 2.35. The van der Waals surface area contributed by atoms with Gasteiger partial charge in [0.1, 0.15) is 0 Å². The molecule has 0 radical (unpaired) electrons. The minimum Gasteiger partial charge on any atom is -0.339 e. The first-order valence-corrected chi connectivity index (χ1v) is 4.11. The zero-order chi connectivity index (χ0) is 9.14. The van der Waals surface area contributed by atoms with Crippen molar-refractivity contribution in [2.75, 3.05) is 13.1 Å². The van der Waals surface area contributed by atoms with Gasteiger partial charge in [0.15, 0.2) is 0 Å². The second kappa shape index (κ2) is 3.56. The molecule has 1 aliphatic rings. The van der Waals surface area contributed by atoms with Crippen LogP contribution in [-0.2, 0) is 9.59 Å². The zero-order valence-corrected chi connectivity index (χ0v) is 7.43. The van der Waals surface area contributed by atoms with E-state index in [1.165, 1.54) is 0 Å². The van der Waals surface area contributed by atoms with Crippen LogP contribution in [0.4, 0.5) is 0 Å². The van der Waals surface area contributed by atoms with E-state index in [1.807, 2.05) is 13.8 Å². The molecule has 0 bridgehead atoms. The summed E-state index contributed by atoms with van der Waals surface area (Å²) in [5.74, 6) is 0. The minimum atomic E-state index is 0.142. The third kappa shape index (κ3) is 1.57. The van der Waals surface area contributed by atoms with Crippen molar-refractivity contribution >= 4 is 12.8 Å². The number of amides is 2. The van der Waals surface area contributed by atoms with Crippen LogP contribution >= 0.6 is 0 Å². The summed E-state index contributed by atoms with van der Waals surface area (Å²) >= 11 is 0. The van der Waals surface area contributed by atoms with Crippen LogP contribution < -0.4 is 0 Å². The van der Waals surface area contributed by atoms with E-state index in [0.29, 0.717) is 13.1 Å². The maximum atomic E-state index is 10.5. The smallest absolute Gasteiger partial charge is 0.210 e. The molecule has 68 valence electrons. The lowest BCUT2D eigenvalue weighted by molar-refractivity contribution is -0.131. The van der Waals surface area contributed by atoms with Gasteiger partial charge in [-0.1, -0.05) is 0 Å². The van der Waals surface area contributed by atoms with Gasteiger partial charge in [0, 0.05) is 25.2 Å². The summed E-state index contributed by atoms with van der Waals surface area (Å²) < 4.78 is 0. The molecule has 0 aromatic heterocycles. The molecule has 0 saturated carbocycles. The number of hydrogen-bond acceptors (Lipinski definition) is 2. The van der Waals surface area contributed by atoms with Gasteiger partial charge in [-0.15, -0.1) is 0 Å². The Labute approximate surface area is 72.1 Å². The summed E-state index contributed by atoms with van der Waals surface area (Å²) in [5.41, 5.74) is 0. The lowest BCUT2D eigenvalue weighted by Crippen LogP contribution is -2.55. The molecule has 2 amide bonds. The van der Waals surface area contributed by atoms with E-state index < -0.39 is 0 Å². The minimum absolute atomic E-state index is 0.142. The van der Waals surface area contributed by atoms with Crippen molar-refractivity contribution in [3.63, 3.8) is 0 Å². The van der Waals surface area contributed by atoms with Crippen molar-refractivity contribution in [3.05, 3.63) is 0 Å². The van der Waals surface area contributed by atoms with Crippen LogP contribution in [0.2, 0.25) is 0 Å². The summed E-state index contributed by atoms with van der Waals surface area (Å²) in [5, 5.41) is 0. The Morgan fingerprint density at radius 3 is 1.58 bits per heavy atom. The molecule has 12 heavy (non-hydrogen) atoms. The molecular weight excluding hydrogens is 156 g/mol. The first kappa shape index (κ1) is 9.03. The van der Waals surface area contributed by atoms with E-state index in [0.717, 1.165) is 12.8 Å². The van der Waals surface area contributed by atoms with Crippen molar-refractivity contribution in [3.8, 4) is 0 Å². The lowest BCUT2D eigenvalue weighted by Gasteiger charge is -2.40. The molecule has 4 nitrogen and oxygen atoms in total. The number of piperazine rings is 1. The highest BCUT2D eigenvalue weighted by Crippen LogP contribution is 2.10. The van der Waals surface area contributed by atoms with Crippen molar-refractivity contribution in [1.82, 2.24) is 9.80 Å². The van der Waals surface area contributed by atoms with Crippen LogP contribution in [0.25, 0.3) is 0 Å². The second-order valence-corrected chi connectivity index (χ2v) is 3.30. The van der Waals surface area contributed by atoms with Crippen LogP contribution in [0.3, 0.4) is 0 Å². The van der Waals surface area contributed by atoms with Crippen LogP contribution in [-0.4, -0.2) is 47.8 Å². The molecule has 1 heterocycles. The van der Waals surface area contributed by atoms with E-state index in [2.05, 4.69) is 0 Å². The maximum Gasteiger partial charge on any atom is 0.210 e. The summed E-state index contributed by atoms with van der Waals surface area (Å²) in [6.45, 7) is 5.17. The van der Waals surface area contributed by atoms with Gasteiger partial charge in [-0.05, 0) is 13.8 Å². The standard InChI is InChI=1S/C8H14N2O2/c1-7-3-10(6-12)8(2)4-9(7)5-11/h5-8H,3-4H2,1-2H3. The normalized spacial score (nSPS) is 30.2. The van der Waals surface area contributed by atoms with Gasteiger partial charge in [0.2, 0.25) is 12.8 Å². The maximum absolute atomic E-state index is 10.5. The van der Waals surface area contributed by atoms with Crippen LogP contribution in [0.15, 0.2) is 0 Å². The molecule has 1 fully saturated rings. The molecule has 1 rings (SSSR count). The van der Waals surface area contributed by atoms with Crippen LogP contribution in [0.5, 0.6) is 0 Å². The molecule has 2 unspecified atom stereocenters. The van der Waals surface area contributed by atoms with Gasteiger partial charge in [0.05, 0.1) is 0 Å². The highest BCUT2D eigenvalue weighted by molar-refractivity contribution is 5.52. The molecule has 4 heteroatoms. The highest BCUT2D eigenvalue weighted by Gasteiger charge is 2.26. The third-order valence-electron chi connectivity index (χ3n) is 2.35. The number of rotatable bonds is 2. The second-order valence-electron chi connectivity index (χ2n) is 3.30. The molecule has 0 spiro atoms. The Kier molecular flexibility index (Phi) is 2.68. The van der Waals surface area contributed by atoms with Crippen LogP contribution in [0.1, 0.15) is 13.8 Å². The SMILES string of the molecule is CC1CN(C=O)C(C)CN1C=O. The summed E-state index contributed by atoms with van der Waals surface area (Å²) in [7, 11) is 0. The quantitative estimate of drug-likeness (QED) is 0.533. The fourth-order valence-corrected chi connectivity index (χ4v) is 1.47. The van der Waals surface area contributed by atoms with Crippen molar-refractivity contribution < 1.29 is 9.59 Å². The molecule has 0 N–H and O–H groups in total. The van der Waals surface area contributed by atoms with E-state index in [9.17, 15) is 9.59 Å². The number of carbonyl (C=O) groups excluding carboxylic acids is 2. The summed E-state index contributed by atoms with van der Waals surface area (Å²) in [4.78, 5) is 24.5. The van der Waals surface area contributed by atoms with Gasteiger partial charge in [-0.3, -0.25) is 9.59 Å². The number of hydrogen-bond donors (Lipinski definition) is 0. The monoisotopic (exact) mass is 170 g/mol. The van der Waals surface area contributed by atoms with Gasteiger partial charge in [-0.25, -0.2) is 0 Å². The average molecular weight is 170 g/mol. The Bertz CT molecular complexity index is 164. The largest absolute Gasteiger partial charge is 0.339 e. The Morgan fingerprint density at radius 1 is 1.00 bits per heavy atom. The molecular formula is C8H14N2O2. The number of nitrogens with zero attached hydrogens (tertiary/aromatic N) is 2. The zero-order valence-electron chi connectivity index (χ0n) is 7.43. The van der Waals surface area contributed by atoms with Gasteiger partial charge in [0.25, 0.3) is 0 Å². The van der Waals surface area contributed by atoms with E-state index in [4.69, 9.17) is 0 Å². The molecule has 1 saturated heterocycles. The van der Waals surface area contributed by atoms with E-state index >= 15 is 0 Å². The average Bonchev–Trinajstić information content (AvgIpc) is 2.08. The predicted octanol–water partition coefficient (Wildman–Crippen LogP) is -0.306. The summed E-state index contributed by atoms with van der Waals surface area (Å²) in [6, 6.07) is 0.285.